The lowest BCUT2D eigenvalue weighted by Crippen LogP contribution is -2.44. The van der Waals surface area contributed by atoms with E-state index in [0.29, 0.717) is 0 Å². The fraction of sp³-hybridized carbons (Fsp3) is 0.526. The van der Waals surface area contributed by atoms with Gasteiger partial charge in [-0.15, -0.1) is 0 Å². The third-order valence-electron chi connectivity index (χ3n) is 3.84. The minimum absolute atomic E-state index is 0.151. The van der Waals surface area contributed by atoms with Gasteiger partial charge in [0.1, 0.15) is 0 Å². The van der Waals surface area contributed by atoms with Gasteiger partial charge in [0.05, 0.1) is 0 Å². The molecule has 0 amide bonds. The summed E-state index contributed by atoms with van der Waals surface area (Å²) >= 11 is 0. The molecule has 0 spiro atoms. The first-order valence-electron chi connectivity index (χ1n) is 8.73. The topological polar surface area (TPSA) is 53.4 Å². The third kappa shape index (κ3) is 5.89. The van der Waals surface area contributed by atoms with Crippen LogP contribution < -0.4 is 16.0 Å². The third-order valence-corrected chi connectivity index (χ3v) is 3.84. The van der Waals surface area contributed by atoms with Gasteiger partial charge in [-0.1, -0.05) is 18.2 Å². The number of hydrogen-bond acceptors (Lipinski definition) is 2. The standard InChI is InChI=1S/C19H31N5/c1-19(2,3)23-13-12-22-18(20-4)21-11-7-14-24-15-10-16-8-5-6-9-17(16)24/h5-6,8-10,15,23H,7,11-14H2,1-4H3,(H2,20,21,22). The highest BCUT2D eigenvalue weighted by Gasteiger charge is 2.07. The predicted octanol–water partition coefficient (Wildman–Crippen LogP) is 2.58. The molecule has 0 fully saturated rings. The highest BCUT2D eigenvalue weighted by atomic mass is 15.2. The van der Waals surface area contributed by atoms with Gasteiger partial charge in [-0.2, -0.15) is 0 Å². The molecule has 0 unspecified atom stereocenters. The lowest BCUT2D eigenvalue weighted by Gasteiger charge is -2.21. The minimum Gasteiger partial charge on any atom is -0.356 e. The van der Waals surface area contributed by atoms with E-state index in [9.17, 15) is 0 Å². The minimum atomic E-state index is 0.151. The summed E-state index contributed by atoms with van der Waals surface area (Å²) in [5.41, 5.74) is 1.45. The molecule has 5 heteroatoms. The quantitative estimate of drug-likeness (QED) is 0.416. The number of aryl methyl sites for hydroxylation is 1. The molecule has 2 aromatic rings. The molecule has 132 valence electrons. The summed E-state index contributed by atoms with van der Waals surface area (Å²) in [7, 11) is 1.81. The second-order valence-electron chi connectivity index (χ2n) is 7.02. The van der Waals surface area contributed by atoms with Gasteiger partial charge in [-0.3, -0.25) is 4.99 Å². The molecule has 24 heavy (non-hydrogen) atoms. The molecule has 1 aromatic carbocycles. The average Bonchev–Trinajstić information content (AvgIpc) is 2.96. The number of nitrogens with one attached hydrogen (secondary N) is 3. The molecule has 2 rings (SSSR count). The number of aliphatic imine (C=N–C) groups is 1. The van der Waals surface area contributed by atoms with Crippen LogP contribution in [0.25, 0.3) is 10.9 Å². The van der Waals surface area contributed by atoms with Gasteiger partial charge in [0, 0.05) is 50.5 Å². The van der Waals surface area contributed by atoms with Crippen molar-refractivity contribution in [3.8, 4) is 0 Å². The van der Waals surface area contributed by atoms with Crippen LogP contribution in [0, 0.1) is 0 Å². The van der Waals surface area contributed by atoms with E-state index >= 15 is 0 Å². The van der Waals surface area contributed by atoms with Gasteiger partial charge >= 0.3 is 0 Å². The molecule has 0 aliphatic heterocycles. The molecule has 0 atom stereocenters. The number of benzene rings is 1. The molecule has 0 saturated heterocycles. The summed E-state index contributed by atoms with van der Waals surface area (Å²) in [4.78, 5) is 4.27. The van der Waals surface area contributed by atoms with Crippen molar-refractivity contribution in [2.45, 2.75) is 39.3 Å². The van der Waals surface area contributed by atoms with Gasteiger partial charge in [0.15, 0.2) is 5.96 Å². The zero-order valence-corrected chi connectivity index (χ0v) is 15.4. The number of guanidine groups is 1. The maximum Gasteiger partial charge on any atom is 0.191 e. The van der Waals surface area contributed by atoms with Gasteiger partial charge in [0.25, 0.3) is 0 Å². The lowest BCUT2D eigenvalue weighted by molar-refractivity contribution is 0.428. The van der Waals surface area contributed by atoms with E-state index < -0.39 is 0 Å². The van der Waals surface area contributed by atoms with Gasteiger partial charge in [0.2, 0.25) is 0 Å². The van der Waals surface area contributed by atoms with Crippen LogP contribution in [0.5, 0.6) is 0 Å². The Hall–Kier alpha value is -2.01. The SMILES string of the molecule is CN=C(NCCCn1ccc2ccccc21)NCCNC(C)(C)C. The summed E-state index contributed by atoms with van der Waals surface area (Å²) in [6.07, 6.45) is 3.22. The Morgan fingerprint density at radius 1 is 1.04 bits per heavy atom. The number of aromatic nitrogens is 1. The molecule has 5 nitrogen and oxygen atoms in total. The Morgan fingerprint density at radius 3 is 2.54 bits per heavy atom. The smallest absolute Gasteiger partial charge is 0.191 e. The highest BCUT2D eigenvalue weighted by molar-refractivity contribution is 5.80. The van der Waals surface area contributed by atoms with E-state index in [1.54, 1.807) is 0 Å². The van der Waals surface area contributed by atoms with Crippen molar-refractivity contribution in [2.75, 3.05) is 26.7 Å². The van der Waals surface area contributed by atoms with Gasteiger partial charge in [-0.05, 0) is 44.7 Å². The number of para-hydroxylation sites is 1. The second kappa shape index (κ2) is 8.73. The van der Waals surface area contributed by atoms with Crippen LogP contribution in [-0.4, -0.2) is 42.7 Å². The zero-order chi connectivity index (χ0) is 17.4. The average molecular weight is 329 g/mol. The summed E-state index contributed by atoms with van der Waals surface area (Å²) in [5.74, 6) is 0.864. The molecule has 0 aliphatic rings. The van der Waals surface area contributed by atoms with Crippen molar-refractivity contribution in [3.05, 3.63) is 36.5 Å². The summed E-state index contributed by atoms with van der Waals surface area (Å²) in [6, 6.07) is 10.7. The van der Waals surface area contributed by atoms with Crippen LogP contribution in [0.2, 0.25) is 0 Å². The van der Waals surface area contributed by atoms with Crippen LogP contribution >= 0.6 is 0 Å². The maximum atomic E-state index is 4.27. The Morgan fingerprint density at radius 2 is 1.79 bits per heavy atom. The normalized spacial score (nSPS) is 12.6. The number of rotatable bonds is 7. The van der Waals surface area contributed by atoms with E-state index in [-0.39, 0.29) is 5.54 Å². The predicted molar refractivity (Wildman–Crippen MR) is 104 cm³/mol. The fourth-order valence-electron chi connectivity index (χ4n) is 2.63. The monoisotopic (exact) mass is 329 g/mol. The summed E-state index contributed by atoms with van der Waals surface area (Å²) in [5, 5.41) is 11.5. The van der Waals surface area contributed by atoms with E-state index in [4.69, 9.17) is 0 Å². The van der Waals surface area contributed by atoms with Crippen LogP contribution in [0.4, 0.5) is 0 Å². The zero-order valence-electron chi connectivity index (χ0n) is 15.4. The first-order chi connectivity index (χ1) is 11.5. The van der Waals surface area contributed by atoms with E-state index in [2.05, 4.69) is 82.8 Å². The molecule has 0 saturated carbocycles. The van der Waals surface area contributed by atoms with Crippen molar-refractivity contribution in [1.82, 2.24) is 20.5 Å². The molecule has 0 bridgehead atoms. The molecule has 0 aliphatic carbocycles. The maximum absolute atomic E-state index is 4.27. The van der Waals surface area contributed by atoms with Crippen LogP contribution in [0.1, 0.15) is 27.2 Å². The second-order valence-corrected chi connectivity index (χ2v) is 7.02. The van der Waals surface area contributed by atoms with Gasteiger partial charge < -0.3 is 20.5 Å². The number of fused-ring (bicyclic) bond motifs is 1. The van der Waals surface area contributed by atoms with Crippen LogP contribution in [0.3, 0.4) is 0 Å². The van der Waals surface area contributed by atoms with Crippen molar-refractivity contribution in [3.63, 3.8) is 0 Å². The van der Waals surface area contributed by atoms with Crippen LogP contribution in [-0.2, 0) is 6.54 Å². The number of hydrogen-bond donors (Lipinski definition) is 3. The largest absolute Gasteiger partial charge is 0.356 e. The van der Waals surface area contributed by atoms with Crippen molar-refractivity contribution in [2.24, 2.45) is 4.99 Å². The Bertz CT molecular complexity index is 651. The van der Waals surface area contributed by atoms with E-state index in [0.717, 1.165) is 38.6 Å². The highest BCUT2D eigenvalue weighted by Crippen LogP contribution is 2.15. The summed E-state index contributed by atoms with van der Waals surface area (Å²) < 4.78 is 2.31. The van der Waals surface area contributed by atoms with E-state index in [1.807, 2.05) is 7.05 Å². The summed E-state index contributed by atoms with van der Waals surface area (Å²) in [6.45, 7) is 10.2. The van der Waals surface area contributed by atoms with Crippen molar-refractivity contribution >= 4 is 16.9 Å². The molecule has 3 N–H and O–H groups in total. The Labute approximate surface area is 145 Å². The molecular weight excluding hydrogens is 298 g/mol. The Kier molecular flexibility index (Phi) is 6.67. The fourth-order valence-corrected chi connectivity index (χ4v) is 2.63. The number of nitrogens with zero attached hydrogens (tertiary/aromatic N) is 2. The van der Waals surface area contributed by atoms with Gasteiger partial charge in [-0.25, -0.2) is 0 Å². The molecule has 0 radical (unpaired) electrons. The first kappa shape index (κ1) is 18.3. The van der Waals surface area contributed by atoms with E-state index in [1.165, 1.54) is 10.9 Å². The van der Waals surface area contributed by atoms with Crippen molar-refractivity contribution in [1.29, 1.82) is 0 Å². The molecular formula is C19H31N5. The lowest BCUT2D eigenvalue weighted by atomic mass is 10.1. The molecule has 1 aromatic heterocycles. The first-order valence-corrected chi connectivity index (χ1v) is 8.73. The van der Waals surface area contributed by atoms with Crippen molar-refractivity contribution < 1.29 is 0 Å². The molecule has 1 heterocycles. The van der Waals surface area contributed by atoms with Crippen LogP contribution in [0.15, 0.2) is 41.5 Å². The Balaban J connectivity index is 1.67.